The lowest BCUT2D eigenvalue weighted by Gasteiger charge is -2.07. The van der Waals surface area contributed by atoms with E-state index < -0.39 is 5.97 Å². The topological polar surface area (TPSA) is 77.5 Å². The lowest BCUT2D eigenvalue weighted by Crippen LogP contribution is -2.14. The van der Waals surface area contributed by atoms with Gasteiger partial charge in [0.15, 0.2) is 0 Å². The molecule has 1 amide bonds. The third-order valence-corrected chi connectivity index (χ3v) is 3.10. The van der Waals surface area contributed by atoms with Crippen molar-refractivity contribution in [1.29, 1.82) is 0 Å². The molecule has 0 fully saturated rings. The zero-order valence-corrected chi connectivity index (χ0v) is 13.5. The van der Waals surface area contributed by atoms with Gasteiger partial charge >= 0.3 is 5.97 Å². The Labute approximate surface area is 140 Å². The summed E-state index contributed by atoms with van der Waals surface area (Å²) >= 11 is 0. The molecular formula is C18H20N2O4. The van der Waals surface area contributed by atoms with Crippen LogP contribution in [0.5, 0.6) is 5.75 Å². The summed E-state index contributed by atoms with van der Waals surface area (Å²) in [4.78, 5) is 27.6. The molecule has 126 valence electrons. The van der Waals surface area contributed by atoms with E-state index in [2.05, 4.69) is 10.3 Å². The summed E-state index contributed by atoms with van der Waals surface area (Å²) in [6, 6.07) is 12.5. The Morgan fingerprint density at radius 2 is 1.96 bits per heavy atom. The van der Waals surface area contributed by atoms with E-state index in [9.17, 15) is 9.59 Å². The largest absolute Gasteiger partial charge is 0.494 e. The summed E-state index contributed by atoms with van der Waals surface area (Å²) in [5.41, 5.74) is 0.356. The van der Waals surface area contributed by atoms with Gasteiger partial charge in [-0.3, -0.25) is 4.79 Å². The van der Waals surface area contributed by atoms with E-state index in [0.29, 0.717) is 37.4 Å². The number of amides is 1. The summed E-state index contributed by atoms with van der Waals surface area (Å²) < 4.78 is 10.4. The van der Waals surface area contributed by atoms with Gasteiger partial charge in [0.2, 0.25) is 5.91 Å². The summed E-state index contributed by atoms with van der Waals surface area (Å²) in [5, 5.41) is 2.66. The van der Waals surface area contributed by atoms with Crippen molar-refractivity contribution in [3.8, 4) is 5.75 Å². The van der Waals surface area contributed by atoms with Crippen molar-refractivity contribution >= 4 is 17.7 Å². The predicted octanol–water partition coefficient (Wildman–Crippen LogP) is 3.06. The monoisotopic (exact) mass is 328 g/mol. The number of benzene rings is 1. The SMILES string of the molecule is CCOC(=O)c1ccnc(NC(=O)CCCOc2ccccc2)c1. The van der Waals surface area contributed by atoms with E-state index in [1.807, 2.05) is 30.3 Å². The molecule has 0 aliphatic rings. The van der Waals surface area contributed by atoms with E-state index in [-0.39, 0.29) is 5.91 Å². The van der Waals surface area contributed by atoms with Gasteiger partial charge in [-0.15, -0.1) is 0 Å². The first-order valence-corrected chi connectivity index (χ1v) is 7.80. The minimum absolute atomic E-state index is 0.180. The zero-order chi connectivity index (χ0) is 17.2. The molecule has 2 aromatic rings. The molecule has 0 aliphatic carbocycles. The van der Waals surface area contributed by atoms with Crippen molar-refractivity contribution in [2.24, 2.45) is 0 Å². The third kappa shape index (κ3) is 5.72. The molecule has 24 heavy (non-hydrogen) atoms. The molecule has 0 spiro atoms. The Morgan fingerprint density at radius 1 is 1.17 bits per heavy atom. The molecular weight excluding hydrogens is 308 g/mol. The smallest absolute Gasteiger partial charge is 0.338 e. The average Bonchev–Trinajstić information content (AvgIpc) is 2.60. The van der Waals surface area contributed by atoms with Crippen LogP contribution in [0.4, 0.5) is 5.82 Å². The summed E-state index contributed by atoms with van der Waals surface area (Å²) in [6.45, 7) is 2.48. The highest BCUT2D eigenvalue weighted by Crippen LogP contribution is 2.11. The molecule has 0 radical (unpaired) electrons. The van der Waals surface area contributed by atoms with Crippen molar-refractivity contribution in [2.75, 3.05) is 18.5 Å². The van der Waals surface area contributed by atoms with Gasteiger partial charge in [-0.1, -0.05) is 18.2 Å². The van der Waals surface area contributed by atoms with Crippen LogP contribution in [0.1, 0.15) is 30.1 Å². The van der Waals surface area contributed by atoms with Crippen molar-refractivity contribution in [2.45, 2.75) is 19.8 Å². The van der Waals surface area contributed by atoms with Crippen molar-refractivity contribution in [1.82, 2.24) is 4.98 Å². The van der Waals surface area contributed by atoms with Crippen LogP contribution in [-0.4, -0.2) is 30.1 Å². The number of nitrogens with one attached hydrogen (secondary N) is 1. The predicted molar refractivity (Wildman–Crippen MR) is 90.0 cm³/mol. The van der Waals surface area contributed by atoms with Gasteiger partial charge < -0.3 is 14.8 Å². The van der Waals surface area contributed by atoms with Crippen molar-refractivity contribution < 1.29 is 19.1 Å². The van der Waals surface area contributed by atoms with E-state index in [1.54, 1.807) is 13.0 Å². The molecule has 6 heteroatoms. The van der Waals surface area contributed by atoms with Crippen LogP contribution in [0.25, 0.3) is 0 Å². The van der Waals surface area contributed by atoms with Crippen LogP contribution in [0, 0.1) is 0 Å². The van der Waals surface area contributed by atoms with E-state index >= 15 is 0 Å². The first kappa shape index (κ1) is 17.5. The maximum atomic E-state index is 11.9. The second kappa shape index (κ2) is 9.29. The fourth-order valence-corrected chi connectivity index (χ4v) is 1.99. The number of aromatic nitrogens is 1. The minimum Gasteiger partial charge on any atom is -0.494 e. The highest BCUT2D eigenvalue weighted by Gasteiger charge is 2.09. The maximum absolute atomic E-state index is 11.9. The highest BCUT2D eigenvalue weighted by molar-refractivity contribution is 5.93. The maximum Gasteiger partial charge on any atom is 0.338 e. The normalized spacial score (nSPS) is 10.0. The number of anilines is 1. The van der Waals surface area contributed by atoms with Crippen LogP contribution in [0.2, 0.25) is 0 Å². The summed E-state index contributed by atoms with van der Waals surface area (Å²) in [5.74, 6) is 0.489. The van der Waals surface area contributed by atoms with Gasteiger partial charge in [0.1, 0.15) is 11.6 Å². The van der Waals surface area contributed by atoms with Gasteiger partial charge in [-0.25, -0.2) is 9.78 Å². The zero-order valence-electron chi connectivity index (χ0n) is 13.5. The molecule has 0 saturated heterocycles. The van der Waals surface area contributed by atoms with Gasteiger partial charge in [-0.2, -0.15) is 0 Å². The van der Waals surface area contributed by atoms with Crippen molar-refractivity contribution in [3.63, 3.8) is 0 Å². The second-order valence-corrected chi connectivity index (χ2v) is 4.96. The van der Waals surface area contributed by atoms with E-state index in [4.69, 9.17) is 9.47 Å². The van der Waals surface area contributed by atoms with E-state index in [1.165, 1.54) is 12.3 Å². The lowest BCUT2D eigenvalue weighted by atomic mass is 10.2. The van der Waals surface area contributed by atoms with Crippen LogP contribution in [0.15, 0.2) is 48.7 Å². The number of nitrogens with zero attached hydrogens (tertiary/aromatic N) is 1. The van der Waals surface area contributed by atoms with Gasteiger partial charge in [0.05, 0.1) is 18.8 Å². The Balaban J connectivity index is 1.76. The lowest BCUT2D eigenvalue weighted by molar-refractivity contribution is -0.116. The number of esters is 1. The first-order valence-electron chi connectivity index (χ1n) is 7.80. The number of hydrogen-bond acceptors (Lipinski definition) is 5. The van der Waals surface area contributed by atoms with Crippen LogP contribution >= 0.6 is 0 Å². The number of hydrogen-bond donors (Lipinski definition) is 1. The Bertz CT molecular complexity index is 674. The van der Waals surface area contributed by atoms with Crippen LogP contribution in [0.3, 0.4) is 0 Å². The molecule has 0 saturated carbocycles. The molecule has 2 rings (SSSR count). The highest BCUT2D eigenvalue weighted by atomic mass is 16.5. The number of carbonyl (C=O) groups is 2. The van der Waals surface area contributed by atoms with E-state index in [0.717, 1.165) is 5.75 Å². The van der Waals surface area contributed by atoms with Gasteiger partial charge in [0.25, 0.3) is 0 Å². The fourth-order valence-electron chi connectivity index (χ4n) is 1.99. The summed E-state index contributed by atoms with van der Waals surface area (Å²) in [7, 11) is 0. The quantitative estimate of drug-likeness (QED) is 0.595. The molecule has 6 nitrogen and oxygen atoms in total. The van der Waals surface area contributed by atoms with Gasteiger partial charge in [0, 0.05) is 12.6 Å². The number of rotatable bonds is 8. The Hall–Kier alpha value is -2.89. The molecule has 1 heterocycles. The van der Waals surface area contributed by atoms with Crippen LogP contribution in [-0.2, 0) is 9.53 Å². The molecule has 0 atom stereocenters. The molecule has 1 aromatic heterocycles. The van der Waals surface area contributed by atoms with Crippen molar-refractivity contribution in [3.05, 3.63) is 54.2 Å². The number of para-hydroxylation sites is 1. The molecule has 1 N–H and O–H groups in total. The van der Waals surface area contributed by atoms with Crippen LogP contribution < -0.4 is 10.1 Å². The first-order chi connectivity index (χ1) is 11.7. The molecule has 0 aliphatic heterocycles. The Morgan fingerprint density at radius 3 is 2.71 bits per heavy atom. The Kier molecular flexibility index (Phi) is 6.76. The number of pyridine rings is 1. The molecule has 0 unspecified atom stereocenters. The fraction of sp³-hybridized carbons (Fsp3) is 0.278. The standard InChI is InChI=1S/C18H20N2O4/c1-2-23-18(22)14-10-11-19-16(13-14)20-17(21)9-6-12-24-15-7-4-3-5-8-15/h3-5,7-8,10-11,13H,2,6,9,12H2,1H3,(H,19,20,21). The van der Waals surface area contributed by atoms with Gasteiger partial charge in [-0.05, 0) is 37.6 Å². The third-order valence-electron chi connectivity index (χ3n) is 3.10. The average molecular weight is 328 g/mol. The minimum atomic E-state index is -0.438. The molecule has 0 bridgehead atoms. The number of ether oxygens (including phenoxy) is 2. The number of carbonyl (C=O) groups excluding carboxylic acids is 2. The summed E-state index contributed by atoms with van der Waals surface area (Å²) in [6.07, 6.45) is 2.34. The molecule has 1 aromatic carbocycles. The second-order valence-electron chi connectivity index (χ2n) is 4.96.